The molecule has 0 amide bonds. The van der Waals surface area contributed by atoms with Crippen LogP contribution < -0.4 is 10.4 Å². The fraction of sp³-hybridized carbons (Fsp3) is 0.429. The third-order valence-corrected chi connectivity index (χ3v) is 9.85. The summed E-state index contributed by atoms with van der Waals surface area (Å²) >= 11 is 0. The zero-order valence-electron chi connectivity index (χ0n) is 26.2. The maximum absolute atomic E-state index is 13.6. The molecule has 3 aromatic rings. The van der Waals surface area contributed by atoms with Gasteiger partial charge in [-0.05, 0) is 79.8 Å². The molecular weight excluding hydrogens is 608 g/mol. The lowest BCUT2D eigenvalue weighted by molar-refractivity contribution is -0.221. The first-order valence-corrected chi connectivity index (χ1v) is 15.4. The first-order chi connectivity index (χ1) is 22.3. The molecule has 246 valence electrons. The van der Waals surface area contributed by atoms with Crippen LogP contribution in [0.15, 0.2) is 64.1 Å². The molecule has 1 fully saturated rings. The van der Waals surface area contributed by atoms with E-state index in [4.69, 9.17) is 13.9 Å². The second-order valence-corrected chi connectivity index (χ2v) is 13.0. The molecule has 0 spiro atoms. The van der Waals surface area contributed by atoms with Crippen LogP contribution in [0, 0.1) is 34.5 Å². The van der Waals surface area contributed by atoms with Gasteiger partial charge in [0.05, 0.1) is 23.3 Å². The Balaban J connectivity index is 1.62. The first kappa shape index (κ1) is 33.3. The van der Waals surface area contributed by atoms with Gasteiger partial charge in [-0.25, -0.2) is 9.59 Å². The number of aliphatic carboxylic acids is 2. The van der Waals surface area contributed by atoms with Crippen LogP contribution in [0.4, 0.5) is 0 Å². The number of nitriles is 1. The highest BCUT2D eigenvalue weighted by Gasteiger charge is 2.65. The quantitative estimate of drug-likeness (QED) is 0.250. The van der Waals surface area contributed by atoms with Gasteiger partial charge in [-0.15, -0.1) is 0 Å². The van der Waals surface area contributed by atoms with Crippen molar-refractivity contribution in [3.05, 3.63) is 82.0 Å². The maximum atomic E-state index is 13.6. The van der Waals surface area contributed by atoms with Crippen LogP contribution >= 0.6 is 0 Å². The minimum Gasteiger partial charge on any atom is -0.482 e. The molecule has 1 saturated carbocycles. The summed E-state index contributed by atoms with van der Waals surface area (Å²) in [4.78, 5) is 54.3. The van der Waals surface area contributed by atoms with E-state index in [9.17, 15) is 39.8 Å². The molecule has 0 saturated heterocycles. The van der Waals surface area contributed by atoms with E-state index in [1.165, 1.54) is 36.5 Å². The van der Waals surface area contributed by atoms with Crippen molar-refractivity contribution in [2.45, 2.75) is 70.7 Å². The Morgan fingerprint density at radius 2 is 1.74 bits per heavy atom. The molecule has 0 radical (unpaired) electrons. The molecule has 0 unspecified atom stereocenters. The molecule has 3 heterocycles. The number of benzene rings is 1. The summed E-state index contributed by atoms with van der Waals surface area (Å²) in [6, 6.07) is 12.8. The van der Waals surface area contributed by atoms with Crippen LogP contribution in [0.5, 0.6) is 5.75 Å². The molecule has 47 heavy (non-hydrogen) atoms. The van der Waals surface area contributed by atoms with Crippen LogP contribution in [-0.2, 0) is 14.3 Å². The molecule has 1 aromatic carbocycles. The number of esters is 1. The zero-order valence-corrected chi connectivity index (χ0v) is 26.2. The Morgan fingerprint density at radius 1 is 1.09 bits per heavy atom. The minimum absolute atomic E-state index is 0.0633. The standard InChI is InChI=1S/C35H36N2O10/c1-34(2)23(20(10-12-27(38)39)11-13-28(40)41)15-26(46-32(43)21-8-6-19(17-36)7-9-21)35(3)31(34)30(42)29-25(47-35)16-24(45-33(29)44)22-5-4-14-37-18-22/h4-9,14,16,18,20,23,26,30-31,42H,10-13,15H2,1-3H3,(H,38,39)(H,40,41)/t23-,26-,30-,31+,35+/m0/s1. The minimum atomic E-state index is -1.45. The lowest BCUT2D eigenvalue weighted by Gasteiger charge is -2.61. The Kier molecular flexibility index (Phi) is 9.22. The normalized spacial score (nSPS) is 24.3. The number of hydrogen-bond acceptors (Lipinski definition) is 10. The molecular formula is C35H36N2O10. The number of carbonyl (C=O) groups excluding carboxylic acids is 1. The second kappa shape index (κ2) is 13.0. The number of fused-ring (bicyclic) bond motifs is 2. The van der Waals surface area contributed by atoms with Gasteiger partial charge in [-0.3, -0.25) is 14.6 Å². The zero-order chi connectivity index (χ0) is 34.1. The molecule has 1 aliphatic carbocycles. The highest BCUT2D eigenvalue weighted by molar-refractivity contribution is 5.89. The summed E-state index contributed by atoms with van der Waals surface area (Å²) in [6.07, 6.45) is 0.651. The first-order valence-electron chi connectivity index (χ1n) is 15.4. The maximum Gasteiger partial charge on any atom is 0.345 e. The lowest BCUT2D eigenvalue weighted by atomic mass is 9.50. The second-order valence-electron chi connectivity index (χ2n) is 13.0. The van der Waals surface area contributed by atoms with Gasteiger partial charge in [-0.2, -0.15) is 5.26 Å². The predicted molar refractivity (Wildman–Crippen MR) is 165 cm³/mol. The lowest BCUT2D eigenvalue weighted by Crippen LogP contribution is -2.67. The number of aromatic nitrogens is 1. The van der Waals surface area contributed by atoms with Crippen LogP contribution in [0.2, 0.25) is 0 Å². The number of pyridine rings is 1. The van der Waals surface area contributed by atoms with Crippen molar-refractivity contribution in [3.63, 3.8) is 0 Å². The molecule has 2 aliphatic rings. The van der Waals surface area contributed by atoms with Gasteiger partial charge >= 0.3 is 23.5 Å². The van der Waals surface area contributed by atoms with Crippen molar-refractivity contribution in [2.75, 3.05) is 0 Å². The van der Waals surface area contributed by atoms with Crippen molar-refractivity contribution in [3.8, 4) is 23.1 Å². The summed E-state index contributed by atoms with van der Waals surface area (Å²) in [5.41, 5.74) is -2.17. The van der Waals surface area contributed by atoms with E-state index in [1.54, 1.807) is 25.3 Å². The van der Waals surface area contributed by atoms with Crippen LogP contribution in [-0.4, -0.2) is 49.9 Å². The summed E-state index contributed by atoms with van der Waals surface area (Å²) in [5, 5.41) is 40.2. The molecule has 2 aromatic heterocycles. The monoisotopic (exact) mass is 644 g/mol. The van der Waals surface area contributed by atoms with Crippen molar-refractivity contribution < 1.29 is 43.6 Å². The molecule has 3 N–H and O–H groups in total. The average molecular weight is 645 g/mol. The predicted octanol–water partition coefficient (Wildman–Crippen LogP) is 4.99. The van der Waals surface area contributed by atoms with Crippen molar-refractivity contribution in [2.24, 2.45) is 23.2 Å². The number of rotatable bonds is 10. The Labute approximate surface area is 270 Å². The van der Waals surface area contributed by atoms with Gasteiger partial charge in [0.1, 0.15) is 28.8 Å². The molecule has 5 rings (SSSR count). The molecule has 0 bridgehead atoms. The van der Waals surface area contributed by atoms with E-state index in [-0.39, 0.29) is 54.7 Å². The summed E-state index contributed by atoms with van der Waals surface area (Å²) in [6.45, 7) is 5.45. The van der Waals surface area contributed by atoms with Crippen LogP contribution in [0.1, 0.15) is 80.5 Å². The Bertz CT molecular complexity index is 1740. The van der Waals surface area contributed by atoms with Gasteiger partial charge < -0.3 is 29.2 Å². The van der Waals surface area contributed by atoms with Crippen LogP contribution in [0.3, 0.4) is 0 Å². The topological polar surface area (TPSA) is 197 Å². The third-order valence-electron chi connectivity index (χ3n) is 9.85. The van der Waals surface area contributed by atoms with Crippen molar-refractivity contribution >= 4 is 17.9 Å². The van der Waals surface area contributed by atoms with Crippen molar-refractivity contribution in [1.82, 2.24) is 4.98 Å². The van der Waals surface area contributed by atoms with E-state index >= 15 is 0 Å². The van der Waals surface area contributed by atoms with E-state index in [1.807, 2.05) is 19.9 Å². The Hall–Kier alpha value is -5.02. The van der Waals surface area contributed by atoms with Crippen LogP contribution in [0.25, 0.3) is 11.3 Å². The number of carbonyl (C=O) groups is 3. The van der Waals surface area contributed by atoms with E-state index < -0.39 is 64.5 Å². The summed E-state index contributed by atoms with van der Waals surface area (Å²) < 4.78 is 18.4. The number of carboxylic acid groups (broad SMARTS) is 2. The fourth-order valence-electron chi connectivity index (χ4n) is 7.68. The number of ether oxygens (including phenoxy) is 2. The van der Waals surface area contributed by atoms with Gasteiger partial charge in [0, 0.05) is 42.8 Å². The number of hydrogen-bond donors (Lipinski definition) is 3. The number of aliphatic hydroxyl groups is 1. The van der Waals surface area contributed by atoms with E-state index in [2.05, 4.69) is 4.98 Å². The number of aliphatic hydroxyl groups excluding tert-OH is 1. The largest absolute Gasteiger partial charge is 0.482 e. The highest BCUT2D eigenvalue weighted by atomic mass is 16.6. The molecule has 12 heteroatoms. The number of nitrogens with zero attached hydrogens (tertiary/aromatic N) is 2. The SMILES string of the molecule is CC1(C)[C@H]2[C@@H](O)c3c(cc(-c4cccnc4)oc3=O)O[C@]2(C)[C@@H](OC(=O)c2ccc(C#N)cc2)C[C@H]1C(CCC(=O)O)CCC(=O)O. The Morgan fingerprint density at radius 3 is 2.32 bits per heavy atom. The summed E-state index contributed by atoms with van der Waals surface area (Å²) in [5.74, 6) is -4.35. The number of carboxylic acids is 2. The van der Waals surface area contributed by atoms with Crippen molar-refractivity contribution in [1.29, 1.82) is 5.26 Å². The van der Waals surface area contributed by atoms with E-state index in [0.29, 0.717) is 11.1 Å². The molecule has 1 aliphatic heterocycles. The third kappa shape index (κ3) is 6.49. The van der Waals surface area contributed by atoms with Gasteiger partial charge in [-0.1, -0.05) is 13.8 Å². The highest BCUT2D eigenvalue weighted by Crippen LogP contribution is 2.61. The molecule has 12 nitrogen and oxygen atoms in total. The molecule has 5 atom stereocenters. The van der Waals surface area contributed by atoms with Gasteiger partial charge in [0.25, 0.3) is 0 Å². The summed E-state index contributed by atoms with van der Waals surface area (Å²) in [7, 11) is 0. The van der Waals surface area contributed by atoms with E-state index in [0.717, 1.165) is 0 Å². The smallest absolute Gasteiger partial charge is 0.345 e. The average Bonchev–Trinajstić information content (AvgIpc) is 3.02. The van der Waals surface area contributed by atoms with Gasteiger partial charge in [0.2, 0.25) is 0 Å². The van der Waals surface area contributed by atoms with Gasteiger partial charge in [0.15, 0.2) is 0 Å². The fourth-order valence-corrected chi connectivity index (χ4v) is 7.68.